The normalized spacial score (nSPS) is 23.4. The molecule has 1 saturated heterocycles. The highest BCUT2D eigenvalue weighted by molar-refractivity contribution is 6.35. The van der Waals surface area contributed by atoms with Gasteiger partial charge < -0.3 is 43.9 Å². The third-order valence-corrected chi connectivity index (χ3v) is 11.5. The van der Waals surface area contributed by atoms with Crippen LogP contribution in [0.2, 0.25) is 5.02 Å². The number of hydrogen-bond donors (Lipinski definition) is 3. The molecule has 1 aliphatic carbocycles. The number of nitrogens with zero attached hydrogens (tertiary/aromatic N) is 2. The number of aliphatic hydroxyl groups is 1. The van der Waals surface area contributed by atoms with Crippen LogP contribution in [0, 0.1) is 11.8 Å². The van der Waals surface area contributed by atoms with Crippen molar-refractivity contribution in [2.24, 2.45) is 11.8 Å². The maximum absolute atomic E-state index is 14.4. The molecule has 1 spiro atoms. The summed E-state index contributed by atoms with van der Waals surface area (Å²) in [7, 11) is 4.07. The van der Waals surface area contributed by atoms with Crippen LogP contribution in [-0.4, -0.2) is 89.6 Å². The molecule has 4 aliphatic rings. The van der Waals surface area contributed by atoms with Crippen molar-refractivity contribution in [1.82, 2.24) is 14.8 Å². The smallest absolute Gasteiger partial charge is 0.250 e. The number of Topliss-reactive ketones (excluding diaryl/α,β-unsaturated/α-hetero) is 2. The number of nitrogens with one attached hydrogen (secondary N) is 1. The maximum Gasteiger partial charge on any atom is 0.250 e. The molecule has 1 fully saturated rings. The number of halogens is 1. The van der Waals surface area contributed by atoms with Crippen LogP contribution in [0.4, 0.5) is 0 Å². The van der Waals surface area contributed by atoms with Gasteiger partial charge >= 0.3 is 0 Å². The van der Waals surface area contributed by atoms with Crippen molar-refractivity contribution in [1.29, 1.82) is 0 Å². The molecule has 2 aromatic carbocycles. The third kappa shape index (κ3) is 5.92. The van der Waals surface area contributed by atoms with Gasteiger partial charge in [0.1, 0.15) is 22.1 Å². The van der Waals surface area contributed by atoms with Gasteiger partial charge in [-0.05, 0) is 36.1 Å². The van der Waals surface area contributed by atoms with E-state index >= 15 is 0 Å². The Labute approximate surface area is 315 Å². The van der Waals surface area contributed by atoms with E-state index in [9.17, 15) is 34.2 Å². The van der Waals surface area contributed by atoms with Crippen molar-refractivity contribution in [3.8, 4) is 28.7 Å². The highest BCUT2D eigenvalue weighted by Crippen LogP contribution is 2.56. The molecule has 1 aromatic heterocycles. The Kier molecular flexibility index (Phi) is 9.59. The number of likely N-dealkylation sites (tertiary alicyclic amines) is 1. The number of methoxy groups -OCH3 is 3. The highest BCUT2D eigenvalue weighted by atomic mass is 35.5. The number of phenolic OH excluding ortho intramolecular Hbond substituents is 1. The van der Waals surface area contributed by atoms with Crippen LogP contribution in [0.25, 0.3) is 0 Å². The number of piperidine rings is 1. The van der Waals surface area contributed by atoms with Crippen molar-refractivity contribution in [2.45, 2.75) is 50.2 Å². The highest BCUT2D eigenvalue weighted by Gasteiger charge is 2.61. The van der Waals surface area contributed by atoms with Crippen molar-refractivity contribution < 1.29 is 48.3 Å². The number of aromatic nitrogens is 1. The quantitative estimate of drug-likeness (QED) is 0.288. The van der Waals surface area contributed by atoms with Gasteiger partial charge in [-0.1, -0.05) is 30.7 Å². The molecule has 1 unspecified atom stereocenters. The number of pyridine rings is 1. The second-order valence-corrected chi connectivity index (χ2v) is 14.6. The molecule has 2 amide bonds. The van der Waals surface area contributed by atoms with E-state index in [0.29, 0.717) is 25.2 Å². The molecule has 14 nitrogen and oxygen atoms in total. The number of benzene rings is 2. The Morgan fingerprint density at radius 1 is 1.00 bits per heavy atom. The summed E-state index contributed by atoms with van der Waals surface area (Å²) in [6.07, 6.45) is 0.180. The number of amides is 2. The molecule has 284 valence electrons. The Balaban J connectivity index is 1.19. The van der Waals surface area contributed by atoms with Crippen LogP contribution >= 0.6 is 11.6 Å². The van der Waals surface area contributed by atoms with Crippen LogP contribution < -0.4 is 29.8 Å². The molecular weight excluding hydrogens is 722 g/mol. The van der Waals surface area contributed by atoms with Gasteiger partial charge in [0.2, 0.25) is 23.2 Å². The van der Waals surface area contributed by atoms with Gasteiger partial charge in [0, 0.05) is 73.6 Å². The largest absolute Gasteiger partial charge is 0.507 e. The molecule has 5 atom stereocenters. The minimum atomic E-state index is -2.10. The van der Waals surface area contributed by atoms with Gasteiger partial charge in [-0.15, -0.1) is 0 Å². The summed E-state index contributed by atoms with van der Waals surface area (Å²) in [5.74, 6) is -4.80. The van der Waals surface area contributed by atoms with E-state index in [0.717, 1.165) is 12.1 Å². The fourth-order valence-electron chi connectivity index (χ4n) is 8.48. The number of aliphatic hydroxyl groups excluding tert-OH is 1. The van der Waals surface area contributed by atoms with Crippen molar-refractivity contribution in [2.75, 3.05) is 41.0 Å². The minimum Gasteiger partial charge on any atom is -0.507 e. The predicted molar refractivity (Wildman–Crippen MR) is 194 cm³/mol. The van der Waals surface area contributed by atoms with Crippen LogP contribution in [0.3, 0.4) is 0 Å². The number of hydrogen-bond acceptors (Lipinski definition) is 11. The summed E-state index contributed by atoms with van der Waals surface area (Å²) >= 11 is 6.60. The summed E-state index contributed by atoms with van der Waals surface area (Å²) < 4.78 is 24.2. The number of fused-ring (bicyclic) bond motifs is 5. The van der Waals surface area contributed by atoms with Gasteiger partial charge in [0.15, 0.2) is 28.8 Å². The second kappa shape index (κ2) is 14.0. The minimum absolute atomic E-state index is 0.00978. The van der Waals surface area contributed by atoms with E-state index in [1.807, 2.05) is 6.07 Å². The number of rotatable bonds is 9. The van der Waals surface area contributed by atoms with Crippen LogP contribution in [0.1, 0.15) is 59.6 Å². The number of aromatic hydroxyl groups is 1. The number of ether oxygens (including phenoxy) is 4. The van der Waals surface area contributed by atoms with E-state index in [2.05, 4.69) is 5.32 Å². The topological polar surface area (TPSA) is 183 Å². The van der Waals surface area contributed by atoms with Crippen LogP contribution in [-0.2, 0) is 20.9 Å². The van der Waals surface area contributed by atoms with E-state index in [-0.39, 0.29) is 81.2 Å². The summed E-state index contributed by atoms with van der Waals surface area (Å²) in [5, 5.41) is 25.2. The number of carbonyl (C=O) groups excluding carboxylic acids is 4. The Morgan fingerprint density at radius 3 is 2.46 bits per heavy atom. The molecular formula is C39H40ClN3O11. The lowest BCUT2D eigenvalue weighted by molar-refractivity contribution is -0.135. The van der Waals surface area contributed by atoms with Crippen LogP contribution in [0.5, 0.6) is 28.7 Å². The van der Waals surface area contributed by atoms with Gasteiger partial charge in [-0.3, -0.25) is 24.0 Å². The summed E-state index contributed by atoms with van der Waals surface area (Å²) in [6.45, 7) is 2.61. The first-order valence-corrected chi connectivity index (χ1v) is 18.0. The number of allylic oxidation sites excluding steroid dienone is 1. The molecule has 54 heavy (non-hydrogen) atoms. The van der Waals surface area contributed by atoms with Crippen molar-refractivity contribution in [3.05, 3.63) is 86.0 Å². The molecule has 4 heterocycles. The number of ketones is 2. The van der Waals surface area contributed by atoms with Gasteiger partial charge in [0.25, 0.3) is 5.56 Å². The molecule has 3 aromatic rings. The third-order valence-electron chi connectivity index (χ3n) is 11.1. The van der Waals surface area contributed by atoms with E-state index in [1.165, 1.54) is 51.7 Å². The zero-order valence-corrected chi connectivity index (χ0v) is 30.9. The Bertz CT molecular complexity index is 2180. The molecule has 2 bridgehead atoms. The standard InChI is InChI=1S/C39H40ClN3O11/c1-19-10-26(45)33(37(49)39(19)38(50)34-28(52-3)14-29(53-4)35(40)36(34)54-39)23(21-8-9-25(44)27(12-21)51-2)13-30(46)41-15-32(48)42-16-20-11-22(18-42)24-6-5-7-31(47)43(24)17-20/h5-9,12,14,19-20,22-23,44,49H,10-11,13,15-18H2,1-4H3,(H,41,46)/t19-,20+,22-,23?,39+/m1/s1. The van der Waals surface area contributed by atoms with Crippen molar-refractivity contribution >= 4 is 35.0 Å². The van der Waals surface area contributed by atoms with Gasteiger partial charge in [-0.2, -0.15) is 0 Å². The lowest BCUT2D eigenvalue weighted by Crippen LogP contribution is -2.53. The molecule has 0 radical (unpaired) electrons. The first kappa shape index (κ1) is 36.8. The summed E-state index contributed by atoms with van der Waals surface area (Å²) in [6, 6.07) is 10.8. The lowest BCUT2D eigenvalue weighted by atomic mass is 9.69. The summed E-state index contributed by atoms with van der Waals surface area (Å²) in [4.78, 5) is 69.7. The molecule has 3 N–H and O–H groups in total. The average molecular weight is 762 g/mol. The zero-order valence-electron chi connectivity index (χ0n) is 30.1. The fourth-order valence-corrected chi connectivity index (χ4v) is 8.74. The van der Waals surface area contributed by atoms with Gasteiger partial charge in [0.05, 0.1) is 27.9 Å². The zero-order chi connectivity index (χ0) is 38.6. The molecule has 0 saturated carbocycles. The molecule has 7 rings (SSSR count). The Morgan fingerprint density at radius 2 is 1.74 bits per heavy atom. The first-order chi connectivity index (χ1) is 25.8. The monoisotopic (exact) mass is 761 g/mol. The summed E-state index contributed by atoms with van der Waals surface area (Å²) in [5.41, 5.74) is -1.25. The molecule has 15 heteroatoms. The number of phenols is 1. The molecule has 3 aliphatic heterocycles. The van der Waals surface area contributed by atoms with E-state index in [4.69, 9.17) is 30.5 Å². The van der Waals surface area contributed by atoms with Crippen LogP contribution in [0.15, 0.2) is 58.6 Å². The second-order valence-electron chi connectivity index (χ2n) is 14.2. The predicted octanol–water partition coefficient (Wildman–Crippen LogP) is 3.90. The lowest BCUT2D eigenvalue weighted by Gasteiger charge is -2.42. The maximum atomic E-state index is 14.4. The average Bonchev–Trinajstić information content (AvgIpc) is 3.47. The van der Waals surface area contributed by atoms with Gasteiger partial charge in [-0.25, -0.2) is 0 Å². The first-order valence-electron chi connectivity index (χ1n) is 17.6. The van der Waals surface area contributed by atoms with Crippen molar-refractivity contribution in [3.63, 3.8) is 0 Å². The van der Waals surface area contributed by atoms with E-state index in [1.54, 1.807) is 22.5 Å². The Hall–Kier alpha value is -5.50. The number of carbonyl (C=O) groups is 4. The van der Waals surface area contributed by atoms with E-state index < -0.39 is 47.1 Å². The fraction of sp³-hybridized carbons (Fsp3) is 0.410. The SMILES string of the molecule is COc1cc(C(CC(=O)NCC(=O)N2C[C@@H]3C[C@H](C2)c2cccc(=O)n2C3)C2=C(O)[C@@]3(Oc4c(Cl)c(OC)cc(OC)c4C3=O)[C@H](C)CC2=O)ccc1O.